The van der Waals surface area contributed by atoms with Crippen LogP contribution in [0.5, 0.6) is 0 Å². The molecule has 2 N–H and O–H groups in total. The Morgan fingerprint density at radius 3 is 1.88 bits per heavy atom. The van der Waals surface area contributed by atoms with Gasteiger partial charge in [0.25, 0.3) is 0 Å². The van der Waals surface area contributed by atoms with Gasteiger partial charge in [0, 0.05) is 12.2 Å². The van der Waals surface area contributed by atoms with Gasteiger partial charge in [-0.1, -0.05) is 13.2 Å². The third-order valence-electron chi connectivity index (χ3n) is 3.70. The van der Waals surface area contributed by atoms with Crippen LogP contribution < -0.4 is 10.6 Å². The van der Waals surface area contributed by atoms with E-state index >= 15 is 0 Å². The van der Waals surface area contributed by atoms with Gasteiger partial charge in [-0.05, 0) is 0 Å². The molecule has 0 radical (unpaired) electrons. The highest BCUT2D eigenvalue weighted by Crippen LogP contribution is 2.03. The van der Waals surface area contributed by atoms with Gasteiger partial charge in [0.2, 0.25) is 0 Å². The average molecular weight is 490 g/mol. The summed E-state index contributed by atoms with van der Waals surface area (Å²) in [5, 5.41) is 4.84. The first-order chi connectivity index (χ1) is 16.4. The summed E-state index contributed by atoms with van der Waals surface area (Å²) in [7, 11) is 0. The van der Waals surface area contributed by atoms with Gasteiger partial charge >= 0.3 is 24.1 Å². The second kappa shape index (κ2) is 18.3. The fourth-order valence-corrected chi connectivity index (χ4v) is 2.14. The number of hydrogen-bond acceptors (Lipinski definition) is 12. The SMILES string of the molecule is C=CC(=O)OCCNC(=O)OC1COCOC1.C=CC(=O)OCCNC(=O)OCC1COCO1. The van der Waals surface area contributed by atoms with Crippen molar-refractivity contribution >= 4 is 24.1 Å². The van der Waals surface area contributed by atoms with E-state index in [0.717, 1.165) is 12.2 Å². The fraction of sp³-hybridized carbons (Fsp3) is 0.600. The predicted molar refractivity (Wildman–Crippen MR) is 112 cm³/mol. The summed E-state index contributed by atoms with van der Waals surface area (Å²) < 4.78 is 39.0. The van der Waals surface area contributed by atoms with Gasteiger partial charge in [0.15, 0.2) is 6.10 Å². The zero-order valence-corrected chi connectivity index (χ0v) is 18.7. The number of ether oxygens (including phenoxy) is 8. The second-order valence-corrected chi connectivity index (χ2v) is 6.36. The highest BCUT2D eigenvalue weighted by Gasteiger charge is 2.19. The van der Waals surface area contributed by atoms with E-state index in [1.165, 1.54) is 0 Å². The number of nitrogens with one attached hydrogen (secondary N) is 2. The third kappa shape index (κ3) is 14.8. The molecule has 14 nitrogen and oxygen atoms in total. The number of carbonyl (C=O) groups is 4. The van der Waals surface area contributed by atoms with Crippen molar-refractivity contribution in [3.63, 3.8) is 0 Å². The van der Waals surface area contributed by atoms with Crippen LogP contribution >= 0.6 is 0 Å². The Labute approximate surface area is 196 Å². The Morgan fingerprint density at radius 1 is 0.794 bits per heavy atom. The zero-order chi connectivity index (χ0) is 25.0. The van der Waals surface area contributed by atoms with E-state index in [1.807, 2.05) is 0 Å². The number of carbonyl (C=O) groups excluding carboxylic acids is 4. The first kappa shape index (κ1) is 28.8. The monoisotopic (exact) mass is 490 g/mol. The lowest BCUT2D eigenvalue weighted by Crippen LogP contribution is -2.38. The van der Waals surface area contributed by atoms with Crippen LogP contribution in [0.4, 0.5) is 9.59 Å². The van der Waals surface area contributed by atoms with Gasteiger partial charge in [-0.3, -0.25) is 0 Å². The summed E-state index contributed by atoms with van der Waals surface area (Å²) in [5.74, 6) is -1.06. The van der Waals surface area contributed by atoms with E-state index in [-0.39, 0.29) is 52.6 Å². The highest BCUT2D eigenvalue weighted by molar-refractivity contribution is 5.81. The predicted octanol–water partition coefficient (Wildman–Crippen LogP) is -0.371. The highest BCUT2D eigenvalue weighted by atomic mass is 16.7. The fourth-order valence-electron chi connectivity index (χ4n) is 2.14. The minimum Gasteiger partial charge on any atom is -0.461 e. The Hall–Kier alpha value is -3.20. The van der Waals surface area contributed by atoms with Crippen molar-refractivity contribution in [2.45, 2.75) is 12.2 Å². The molecule has 2 rings (SSSR count). The Kier molecular flexibility index (Phi) is 15.5. The first-order valence-corrected chi connectivity index (χ1v) is 10.2. The van der Waals surface area contributed by atoms with Gasteiger partial charge in [0.05, 0.1) is 32.9 Å². The quantitative estimate of drug-likeness (QED) is 0.167. The lowest BCUT2D eigenvalue weighted by molar-refractivity contribution is -0.151. The van der Waals surface area contributed by atoms with Crippen LogP contribution in [-0.2, 0) is 47.5 Å². The summed E-state index contributed by atoms with van der Waals surface area (Å²) >= 11 is 0. The van der Waals surface area contributed by atoms with Crippen LogP contribution in [0.1, 0.15) is 0 Å². The summed E-state index contributed by atoms with van der Waals surface area (Å²) in [6, 6.07) is 0. The summed E-state index contributed by atoms with van der Waals surface area (Å²) in [6.07, 6.45) is 0.304. The molecule has 0 aromatic carbocycles. The van der Waals surface area contributed by atoms with Crippen molar-refractivity contribution in [1.29, 1.82) is 0 Å². The molecule has 14 heteroatoms. The number of esters is 2. The van der Waals surface area contributed by atoms with E-state index in [1.54, 1.807) is 0 Å². The molecule has 0 aromatic heterocycles. The maximum Gasteiger partial charge on any atom is 0.407 e. The smallest absolute Gasteiger partial charge is 0.407 e. The molecular weight excluding hydrogens is 460 g/mol. The third-order valence-corrected chi connectivity index (χ3v) is 3.70. The summed E-state index contributed by atoms with van der Waals surface area (Å²) in [5.41, 5.74) is 0. The lowest BCUT2D eigenvalue weighted by Gasteiger charge is -2.22. The largest absolute Gasteiger partial charge is 0.461 e. The van der Waals surface area contributed by atoms with Crippen LogP contribution in [0.15, 0.2) is 25.3 Å². The Balaban J connectivity index is 0.000000340. The van der Waals surface area contributed by atoms with Gasteiger partial charge in [-0.15, -0.1) is 0 Å². The standard InChI is InChI=1S/2C10H15NO6/c1-2-9(12)16-4-3-11-10(13)17-8-5-14-7-15-6-8;1-2-9(12)15-4-3-11-10(13)16-6-8-5-14-7-17-8/h2*2,8H,1,3-7H2,(H,11,13). The van der Waals surface area contributed by atoms with Gasteiger partial charge in [0.1, 0.15) is 39.5 Å². The molecule has 2 amide bonds. The van der Waals surface area contributed by atoms with Crippen molar-refractivity contribution in [1.82, 2.24) is 10.6 Å². The van der Waals surface area contributed by atoms with Crippen molar-refractivity contribution < 1.29 is 57.1 Å². The van der Waals surface area contributed by atoms with Crippen LogP contribution in [0.3, 0.4) is 0 Å². The minimum absolute atomic E-state index is 0.0671. The number of amides is 2. The molecule has 2 saturated heterocycles. The van der Waals surface area contributed by atoms with E-state index in [0.29, 0.717) is 19.8 Å². The molecule has 192 valence electrons. The number of alkyl carbamates (subject to hydrolysis) is 2. The molecule has 2 heterocycles. The minimum atomic E-state index is -0.598. The number of hydrogen-bond donors (Lipinski definition) is 2. The molecule has 0 saturated carbocycles. The van der Waals surface area contributed by atoms with Gasteiger partial charge in [-0.2, -0.15) is 0 Å². The van der Waals surface area contributed by atoms with E-state index in [4.69, 9.17) is 28.4 Å². The van der Waals surface area contributed by atoms with Crippen molar-refractivity contribution in [3.8, 4) is 0 Å². The molecule has 0 aliphatic carbocycles. The maximum atomic E-state index is 11.2. The van der Waals surface area contributed by atoms with E-state index in [2.05, 4.69) is 33.3 Å². The average Bonchev–Trinajstić information content (AvgIpc) is 3.37. The van der Waals surface area contributed by atoms with Crippen LogP contribution in [-0.4, -0.2) is 103 Å². The molecule has 2 fully saturated rings. The Morgan fingerprint density at radius 2 is 1.35 bits per heavy atom. The normalized spacial score (nSPS) is 17.2. The van der Waals surface area contributed by atoms with Crippen LogP contribution in [0.25, 0.3) is 0 Å². The maximum absolute atomic E-state index is 11.2. The van der Waals surface area contributed by atoms with E-state index < -0.39 is 30.2 Å². The molecule has 0 bridgehead atoms. The molecule has 2 aliphatic heterocycles. The van der Waals surface area contributed by atoms with Gasteiger partial charge < -0.3 is 48.5 Å². The number of rotatable bonds is 11. The Bertz CT molecular complexity index is 660. The lowest BCUT2D eigenvalue weighted by atomic mass is 10.4. The second-order valence-electron chi connectivity index (χ2n) is 6.36. The summed E-state index contributed by atoms with van der Waals surface area (Å²) in [4.78, 5) is 43.6. The first-order valence-electron chi connectivity index (χ1n) is 10.2. The summed E-state index contributed by atoms with van der Waals surface area (Å²) in [6.45, 7) is 8.61. The molecule has 2 aliphatic rings. The zero-order valence-electron chi connectivity index (χ0n) is 18.7. The van der Waals surface area contributed by atoms with Crippen LogP contribution in [0.2, 0.25) is 0 Å². The van der Waals surface area contributed by atoms with Gasteiger partial charge in [-0.25, -0.2) is 19.2 Å². The molecule has 1 unspecified atom stereocenters. The molecule has 0 aromatic rings. The molecular formula is C20H30N2O12. The molecule has 0 spiro atoms. The van der Waals surface area contributed by atoms with Crippen molar-refractivity contribution in [3.05, 3.63) is 25.3 Å². The van der Waals surface area contributed by atoms with E-state index in [9.17, 15) is 19.2 Å². The topological polar surface area (TPSA) is 166 Å². The van der Waals surface area contributed by atoms with Crippen LogP contribution in [0, 0.1) is 0 Å². The molecule has 1 atom stereocenters. The van der Waals surface area contributed by atoms with Crippen molar-refractivity contribution in [2.24, 2.45) is 0 Å². The molecule has 34 heavy (non-hydrogen) atoms. The van der Waals surface area contributed by atoms with Crippen molar-refractivity contribution in [2.75, 3.05) is 66.3 Å².